The lowest BCUT2D eigenvalue weighted by Crippen LogP contribution is -2.42. The van der Waals surface area contributed by atoms with Crippen molar-refractivity contribution in [2.24, 2.45) is 4.99 Å². The van der Waals surface area contributed by atoms with Gasteiger partial charge in [0.1, 0.15) is 0 Å². The normalized spacial score (nSPS) is 12.1. The predicted molar refractivity (Wildman–Crippen MR) is 61.8 cm³/mol. The lowest BCUT2D eigenvalue weighted by Gasteiger charge is -2.27. The largest absolute Gasteiger partial charge is 0.349 e. The second-order valence-corrected chi connectivity index (χ2v) is 6.46. The molecule has 0 rings (SSSR count). The quantitative estimate of drug-likeness (QED) is 0.387. The molecule has 0 aliphatic heterocycles. The van der Waals surface area contributed by atoms with Crippen molar-refractivity contribution < 1.29 is 0 Å². The Kier molecular flexibility index (Phi) is 5.78. The zero-order chi connectivity index (χ0) is 10.4. The third-order valence-electron chi connectivity index (χ3n) is 1.59. The average Bonchev–Trinajstić information content (AvgIpc) is 1.97. The van der Waals surface area contributed by atoms with E-state index in [-0.39, 0.29) is 8.80 Å². The van der Waals surface area contributed by atoms with E-state index in [1.54, 1.807) is 0 Å². The van der Waals surface area contributed by atoms with E-state index in [0.717, 1.165) is 18.7 Å². The Bertz CT molecular complexity index is 166. The van der Waals surface area contributed by atoms with Crippen LogP contribution < -0.4 is 0 Å². The number of hydrogen-bond donors (Lipinski definition) is 0. The van der Waals surface area contributed by atoms with Crippen LogP contribution in [-0.2, 0) is 0 Å². The van der Waals surface area contributed by atoms with Crippen LogP contribution in [0.3, 0.4) is 0 Å². The van der Waals surface area contributed by atoms with Crippen LogP contribution in [0.1, 0.15) is 6.92 Å². The maximum Gasteiger partial charge on any atom is 0.195 e. The number of rotatable bonds is 3. The summed E-state index contributed by atoms with van der Waals surface area (Å²) in [5, 5.41) is 0. The van der Waals surface area contributed by atoms with Gasteiger partial charge in [-0.25, -0.2) is 0 Å². The van der Waals surface area contributed by atoms with Gasteiger partial charge in [-0.2, -0.15) is 0 Å². The summed E-state index contributed by atoms with van der Waals surface area (Å²) < 4.78 is 0. The van der Waals surface area contributed by atoms with Gasteiger partial charge in [0.15, 0.2) is 5.96 Å². The fourth-order valence-electron chi connectivity index (χ4n) is 1.29. The van der Waals surface area contributed by atoms with Crippen molar-refractivity contribution in [3.05, 3.63) is 0 Å². The second kappa shape index (κ2) is 6.02. The molecule has 4 heteroatoms. The fraction of sp³-hybridized carbons (Fsp3) is 0.889. The molecular formula is C9H22N3Si. The van der Waals surface area contributed by atoms with Gasteiger partial charge in [0.2, 0.25) is 0 Å². The van der Waals surface area contributed by atoms with Crippen molar-refractivity contribution in [2.75, 3.05) is 33.9 Å². The molecule has 0 aliphatic carbocycles. The molecule has 0 N–H and O–H groups in total. The third-order valence-corrected chi connectivity index (χ3v) is 2.70. The van der Waals surface area contributed by atoms with Gasteiger partial charge in [0.05, 0.1) is 8.80 Å². The molecule has 0 fully saturated rings. The molecule has 0 heterocycles. The van der Waals surface area contributed by atoms with E-state index >= 15 is 0 Å². The highest BCUT2D eigenvalue weighted by atomic mass is 28.3. The topological polar surface area (TPSA) is 18.8 Å². The zero-order valence-electron chi connectivity index (χ0n) is 9.76. The molecule has 0 atom stereocenters. The number of nitrogens with zero attached hydrogens (tertiary/aromatic N) is 3. The van der Waals surface area contributed by atoms with Gasteiger partial charge >= 0.3 is 0 Å². The molecule has 1 radical (unpaired) electrons. The third kappa shape index (κ3) is 4.93. The Balaban J connectivity index is 4.29. The maximum atomic E-state index is 4.46. The minimum absolute atomic E-state index is 0.211. The van der Waals surface area contributed by atoms with Crippen molar-refractivity contribution >= 4 is 14.8 Å². The highest BCUT2D eigenvalue weighted by Crippen LogP contribution is 1.94. The van der Waals surface area contributed by atoms with Gasteiger partial charge < -0.3 is 9.80 Å². The molecule has 3 nitrogen and oxygen atoms in total. The maximum absolute atomic E-state index is 4.46. The van der Waals surface area contributed by atoms with Crippen LogP contribution in [0.4, 0.5) is 0 Å². The molecule has 0 aromatic rings. The van der Waals surface area contributed by atoms with Crippen molar-refractivity contribution in [2.45, 2.75) is 20.0 Å². The van der Waals surface area contributed by atoms with Crippen LogP contribution in [0.25, 0.3) is 0 Å². The van der Waals surface area contributed by atoms with E-state index in [2.05, 4.69) is 41.9 Å². The Hall–Kier alpha value is -0.513. The second-order valence-electron chi connectivity index (χ2n) is 3.73. The van der Waals surface area contributed by atoms with Gasteiger partial charge in [0, 0.05) is 33.9 Å². The van der Waals surface area contributed by atoms with Gasteiger partial charge in [-0.05, 0) is 6.92 Å². The fourth-order valence-corrected chi connectivity index (χ4v) is 2.38. The monoisotopic (exact) mass is 200 g/mol. The van der Waals surface area contributed by atoms with Crippen molar-refractivity contribution in [1.82, 2.24) is 9.80 Å². The summed E-state index contributed by atoms with van der Waals surface area (Å²) in [7, 11) is 6.00. The van der Waals surface area contributed by atoms with Gasteiger partial charge in [-0.15, -0.1) is 0 Å². The molecular weight excluding hydrogens is 178 g/mol. The Labute approximate surface area is 84.1 Å². The molecule has 0 saturated heterocycles. The highest BCUT2D eigenvalue weighted by Gasteiger charge is 2.09. The Morgan fingerprint density at radius 3 is 2.08 bits per heavy atom. The summed E-state index contributed by atoms with van der Waals surface area (Å²) >= 11 is 0. The molecule has 13 heavy (non-hydrogen) atoms. The van der Waals surface area contributed by atoms with E-state index in [4.69, 9.17) is 0 Å². The molecule has 0 aromatic carbocycles. The summed E-state index contributed by atoms with van der Waals surface area (Å²) in [5.41, 5.74) is 0. The number of guanidine groups is 1. The molecule has 0 aromatic heterocycles. The molecule has 0 bridgehead atoms. The Morgan fingerprint density at radius 2 is 1.77 bits per heavy atom. The standard InChI is InChI=1S/C9H22N3Si/c1-7-10-9(11(2)3)12(4)8-13(5)6/h7-8H2,1-6H3. The van der Waals surface area contributed by atoms with E-state index in [0.29, 0.717) is 0 Å². The molecule has 0 unspecified atom stereocenters. The first kappa shape index (κ1) is 12.5. The average molecular weight is 200 g/mol. The SMILES string of the molecule is CCN=C(N(C)C)N(C)C[Si](C)C. The highest BCUT2D eigenvalue weighted by molar-refractivity contribution is 6.56. The minimum Gasteiger partial charge on any atom is -0.349 e. The van der Waals surface area contributed by atoms with E-state index in [1.807, 2.05) is 14.1 Å². The molecule has 0 saturated carbocycles. The van der Waals surface area contributed by atoms with Crippen LogP contribution >= 0.6 is 0 Å². The summed E-state index contributed by atoms with van der Waals surface area (Å²) in [6.45, 7) is 7.56. The summed E-state index contributed by atoms with van der Waals surface area (Å²) in [5.74, 6) is 1.09. The summed E-state index contributed by atoms with van der Waals surface area (Å²) in [6, 6.07) is 0. The van der Waals surface area contributed by atoms with Crippen molar-refractivity contribution in [1.29, 1.82) is 0 Å². The van der Waals surface area contributed by atoms with Crippen LogP contribution in [0.2, 0.25) is 13.1 Å². The molecule has 0 amide bonds. The lowest BCUT2D eigenvalue weighted by atomic mass is 10.7. The summed E-state index contributed by atoms with van der Waals surface area (Å²) in [6.07, 6.45) is 1.15. The van der Waals surface area contributed by atoms with Crippen LogP contribution in [0.5, 0.6) is 0 Å². The number of aliphatic imine (C=N–C) groups is 1. The zero-order valence-corrected chi connectivity index (χ0v) is 10.8. The van der Waals surface area contributed by atoms with E-state index in [9.17, 15) is 0 Å². The summed E-state index contributed by atoms with van der Waals surface area (Å²) in [4.78, 5) is 8.79. The molecule has 77 valence electrons. The minimum atomic E-state index is -0.211. The predicted octanol–water partition coefficient (Wildman–Crippen LogP) is 1.15. The van der Waals surface area contributed by atoms with Crippen LogP contribution in [0, 0.1) is 0 Å². The molecule has 0 spiro atoms. The first-order valence-electron chi connectivity index (χ1n) is 4.71. The Morgan fingerprint density at radius 1 is 1.23 bits per heavy atom. The van der Waals surface area contributed by atoms with Gasteiger partial charge in [-0.3, -0.25) is 4.99 Å². The lowest BCUT2D eigenvalue weighted by molar-refractivity contribution is 0.464. The van der Waals surface area contributed by atoms with Crippen LogP contribution in [0.15, 0.2) is 4.99 Å². The van der Waals surface area contributed by atoms with Crippen molar-refractivity contribution in [3.63, 3.8) is 0 Å². The first-order valence-corrected chi connectivity index (χ1v) is 7.41. The van der Waals surface area contributed by atoms with E-state index in [1.165, 1.54) is 0 Å². The van der Waals surface area contributed by atoms with Gasteiger partial charge in [-0.1, -0.05) is 13.1 Å². The molecule has 0 aliphatic rings. The smallest absolute Gasteiger partial charge is 0.195 e. The van der Waals surface area contributed by atoms with Crippen molar-refractivity contribution in [3.8, 4) is 0 Å². The van der Waals surface area contributed by atoms with Crippen LogP contribution in [-0.4, -0.2) is 58.4 Å². The van der Waals surface area contributed by atoms with Gasteiger partial charge in [0.25, 0.3) is 0 Å². The van der Waals surface area contributed by atoms with E-state index < -0.39 is 0 Å². The number of hydrogen-bond acceptors (Lipinski definition) is 1. The first-order chi connectivity index (χ1) is 5.99.